The molecule has 0 atom stereocenters. The van der Waals surface area contributed by atoms with Crippen molar-refractivity contribution in [3.8, 4) is 5.75 Å². The number of imidazole rings is 1. The topological polar surface area (TPSA) is 58.2 Å². The monoisotopic (exact) mass is 347 g/mol. The highest BCUT2D eigenvalue weighted by atomic mass is 32.2. The lowest BCUT2D eigenvalue weighted by molar-refractivity contribution is -0.127. The lowest BCUT2D eigenvalue weighted by atomic mass is 10.3. The Balaban J connectivity index is 1.60. The van der Waals surface area contributed by atoms with Crippen LogP contribution in [0.4, 0.5) is 0 Å². The van der Waals surface area contributed by atoms with Crippen molar-refractivity contribution in [3.05, 3.63) is 40.6 Å². The number of benzene rings is 1. The molecule has 0 aliphatic carbocycles. The largest absolute Gasteiger partial charge is 0.497 e. The van der Waals surface area contributed by atoms with Gasteiger partial charge >= 0.3 is 0 Å². The normalized spacial score (nSPS) is 10.9. The van der Waals surface area contributed by atoms with E-state index in [4.69, 9.17) is 4.74 Å². The number of ether oxygens (including phenoxy) is 1. The summed E-state index contributed by atoms with van der Waals surface area (Å²) in [5.74, 6) is 1.23. The molecule has 1 amide bonds. The molecule has 5 nitrogen and oxygen atoms in total. The molecule has 0 aliphatic heterocycles. The van der Waals surface area contributed by atoms with E-state index in [0.717, 1.165) is 21.9 Å². The Hall–Kier alpha value is -1.99. The van der Waals surface area contributed by atoms with Crippen LogP contribution < -0.4 is 4.74 Å². The second-order valence-electron chi connectivity index (χ2n) is 5.04. The summed E-state index contributed by atoms with van der Waals surface area (Å²) in [4.78, 5) is 22.8. The number of carbonyl (C=O) groups is 1. The van der Waals surface area contributed by atoms with Crippen LogP contribution in [-0.4, -0.2) is 40.7 Å². The van der Waals surface area contributed by atoms with Crippen LogP contribution in [0, 0.1) is 0 Å². The van der Waals surface area contributed by atoms with Gasteiger partial charge in [0.2, 0.25) is 5.91 Å². The van der Waals surface area contributed by atoms with Crippen molar-refractivity contribution < 1.29 is 9.53 Å². The summed E-state index contributed by atoms with van der Waals surface area (Å²) < 4.78 is 5.20. The molecular formula is C16H17N3O2S2. The fourth-order valence-electron chi connectivity index (χ4n) is 2.13. The molecule has 1 N–H and O–H groups in total. The van der Waals surface area contributed by atoms with Crippen molar-refractivity contribution in [3.63, 3.8) is 0 Å². The first kappa shape index (κ1) is 15.9. The van der Waals surface area contributed by atoms with Crippen LogP contribution in [0.15, 0.2) is 40.9 Å². The number of hydrogen-bond donors (Lipinski definition) is 1. The van der Waals surface area contributed by atoms with Gasteiger partial charge in [0.05, 0.1) is 30.4 Å². The molecule has 0 saturated heterocycles. The van der Waals surface area contributed by atoms with Crippen molar-refractivity contribution in [2.75, 3.05) is 19.9 Å². The minimum Gasteiger partial charge on any atom is -0.497 e. The standard InChI is InChI=1S/C16H17N3O2S2/c1-19(9-12-4-3-7-22-12)15(20)10-23-16-17-13-6-5-11(21-2)8-14(13)18-16/h3-8H,9-10H2,1-2H3,(H,17,18). The first-order valence-electron chi connectivity index (χ1n) is 7.08. The number of thioether (sulfide) groups is 1. The Morgan fingerprint density at radius 2 is 2.30 bits per heavy atom. The van der Waals surface area contributed by atoms with Crippen molar-refractivity contribution in [1.82, 2.24) is 14.9 Å². The number of amides is 1. The van der Waals surface area contributed by atoms with Crippen molar-refractivity contribution in [2.24, 2.45) is 0 Å². The number of carbonyl (C=O) groups excluding carboxylic acids is 1. The molecule has 0 aliphatic rings. The summed E-state index contributed by atoms with van der Waals surface area (Å²) >= 11 is 3.07. The van der Waals surface area contributed by atoms with Crippen LogP contribution in [-0.2, 0) is 11.3 Å². The number of thiophene rings is 1. The second kappa shape index (κ2) is 7.06. The number of methoxy groups -OCH3 is 1. The van der Waals surface area contributed by atoms with Crippen LogP contribution in [0.5, 0.6) is 5.75 Å². The van der Waals surface area contributed by atoms with Gasteiger partial charge in [-0.1, -0.05) is 17.8 Å². The van der Waals surface area contributed by atoms with Gasteiger partial charge in [-0.2, -0.15) is 0 Å². The van der Waals surface area contributed by atoms with Gasteiger partial charge in [0.15, 0.2) is 5.16 Å². The molecule has 0 radical (unpaired) electrons. The molecule has 0 saturated carbocycles. The molecular weight excluding hydrogens is 330 g/mol. The van der Waals surface area contributed by atoms with Crippen LogP contribution >= 0.6 is 23.1 Å². The van der Waals surface area contributed by atoms with E-state index < -0.39 is 0 Å². The predicted octanol–water partition coefficient (Wildman–Crippen LogP) is 3.38. The Morgan fingerprint density at radius 3 is 3.04 bits per heavy atom. The molecule has 120 valence electrons. The number of H-pyrrole nitrogens is 1. The first-order chi connectivity index (χ1) is 11.2. The fraction of sp³-hybridized carbons (Fsp3) is 0.250. The Kier molecular flexibility index (Phi) is 4.88. The Labute approximate surface area is 142 Å². The van der Waals surface area contributed by atoms with Crippen LogP contribution in [0.3, 0.4) is 0 Å². The first-order valence-corrected chi connectivity index (χ1v) is 8.95. The van der Waals surface area contributed by atoms with E-state index in [-0.39, 0.29) is 5.91 Å². The highest BCUT2D eigenvalue weighted by Crippen LogP contribution is 2.23. The zero-order valence-electron chi connectivity index (χ0n) is 12.9. The SMILES string of the molecule is COc1ccc2nc(SCC(=O)N(C)Cc3cccs3)[nH]c2c1. The number of aromatic amines is 1. The molecule has 3 aromatic rings. The summed E-state index contributed by atoms with van der Waals surface area (Å²) in [7, 11) is 3.46. The van der Waals surface area contributed by atoms with E-state index in [9.17, 15) is 4.79 Å². The molecule has 0 fully saturated rings. The third-order valence-corrected chi connectivity index (χ3v) is 5.12. The molecule has 2 aromatic heterocycles. The van der Waals surface area contributed by atoms with Crippen LogP contribution in [0.1, 0.15) is 4.88 Å². The van der Waals surface area contributed by atoms with Gasteiger partial charge in [0.1, 0.15) is 5.75 Å². The molecule has 2 heterocycles. The van der Waals surface area contributed by atoms with E-state index in [1.807, 2.05) is 42.8 Å². The van der Waals surface area contributed by atoms with E-state index in [0.29, 0.717) is 12.3 Å². The van der Waals surface area contributed by atoms with Gasteiger partial charge in [0, 0.05) is 18.0 Å². The zero-order chi connectivity index (χ0) is 16.2. The predicted molar refractivity (Wildman–Crippen MR) is 94.2 cm³/mol. The molecule has 0 spiro atoms. The van der Waals surface area contributed by atoms with E-state index in [2.05, 4.69) is 9.97 Å². The van der Waals surface area contributed by atoms with Crippen molar-refractivity contribution in [1.29, 1.82) is 0 Å². The minimum absolute atomic E-state index is 0.0847. The van der Waals surface area contributed by atoms with Gasteiger partial charge in [-0.25, -0.2) is 4.98 Å². The maximum absolute atomic E-state index is 12.2. The summed E-state index contributed by atoms with van der Waals surface area (Å²) in [5.41, 5.74) is 1.78. The smallest absolute Gasteiger partial charge is 0.233 e. The lowest BCUT2D eigenvalue weighted by Crippen LogP contribution is -2.27. The summed E-state index contributed by atoms with van der Waals surface area (Å²) in [6.45, 7) is 0.647. The van der Waals surface area contributed by atoms with Gasteiger partial charge in [0.25, 0.3) is 0 Å². The van der Waals surface area contributed by atoms with Gasteiger partial charge in [-0.05, 0) is 23.6 Å². The Morgan fingerprint density at radius 1 is 1.43 bits per heavy atom. The van der Waals surface area contributed by atoms with Crippen LogP contribution in [0.25, 0.3) is 11.0 Å². The number of rotatable bonds is 6. The van der Waals surface area contributed by atoms with Crippen molar-refractivity contribution in [2.45, 2.75) is 11.7 Å². The van der Waals surface area contributed by atoms with Crippen LogP contribution in [0.2, 0.25) is 0 Å². The zero-order valence-corrected chi connectivity index (χ0v) is 14.5. The minimum atomic E-state index is 0.0847. The number of fused-ring (bicyclic) bond motifs is 1. The number of hydrogen-bond acceptors (Lipinski definition) is 5. The summed E-state index contributed by atoms with van der Waals surface area (Å²) in [5, 5.41) is 2.76. The quantitative estimate of drug-likeness (QED) is 0.695. The van der Waals surface area contributed by atoms with E-state index in [1.165, 1.54) is 16.6 Å². The van der Waals surface area contributed by atoms with Gasteiger partial charge in [-0.15, -0.1) is 11.3 Å². The number of nitrogens with zero attached hydrogens (tertiary/aromatic N) is 2. The number of aromatic nitrogens is 2. The molecule has 23 heavy (non-hydrogen) atoms. The maximum atomic E-state index is 12.2. The second-order valence-corrected chi connectivity index (χ2v) is 7.04. The third kappa shape index (κ3) is 3.86. The molecule has 1 aromatic carbocycles. The summed E-state index contributed by atoms with van der Waals surface area (Å²) in [6.07, 6.45) is 0. The highest BCUT2D eigenvalue weighted by molar-refractivity contribution is 7.99. The summed E-state index contributed by atoms with van der Waals surface area (Å²) in [6, 6.07) is 9.71. The third-order valence-electron chi connectivity index (χ3n) is 3.40. The fourth-order valence-corrected chi connectivity index (χ4v) is 3.71. The Bertz CT molecular complexity index is 799. The van der Waals surface area contributed by atoms with E-state index >= 15 is 0 Å². The molecule has 0 unspecified atom stereocenters. The van der Waals surface area contributed by atoms with Gasteiger partial charge in [-0.3, -0.25) is 4.79 Å². The van der Waals surface area contributed by atoms with Gasteiger partial charge < -0.3 is 14.6 Å². The highest BCUT2D eigenvalue weighted by Gasteiger charge is 2.12. The molecule has 0 bridgehead atoms. The van der Waals surface area contributed by atoms with Crippen molar-refractivity contribution >= 4 is 40.0 Å². The molecule has 3 rings (SSSR count). The maximum Gasteiger partial charge on any atom is 0.233 e. The molecule has 7 heteroatoms. The average molecular weight is 347 g/mol. The average Bonchev–Trinajstić information content (AvgIpc) is 3.20. The lowest BCUT2D eigenvalue weighted by Gasteiger charge is -2.15. The van der Waals surface area contributed by atoms with E-state index in [1.54, 1.807) is 23.3 Å². The number of nitrogens with one attached hydrogen (secondary N) is 1.